The lowest BCUT2D eigenvalue weighted by atomic mass is 11.2. The predicted molar refractivity (Wildman–Crippen MR) is 15.6 cm³/mol. The fourth-order valence-electron chi connectivity index (χ4n) is 0. The predicted octanol–water partition coefficient (Wildman–Crippen LogP) is -0.683. The fraction of sp³-hybridized carbons (Fsp3) is 0.500. The molecule has 25 valence electrons. The molecule has 1 radical (unpaired) electrons. The minimum atomic E-state index is -0.0417. The van der Waals surface area contributed by atoms with E-state index in [2.05, 4.69) is 12.4 Å². The molecule has 0 saturated heterocycles. The lowest BCUT2D eigenvalue weighted by Gasteiger charge is -1.75. The van der Waals surface area contributed by atoms with Crippen molar-refractivity contribution in [2.45, 2.75) is 0 Å². The van der Waals surface area contributed by atoms with Gasteiger partial charge in [0.2, 0.25) is 0 Å². The normalized spacial score (nSPS) is 7.50. The molecule has 0 aliphatic rings. The van der Waals surface area contributed by atoms with Crippen molar-refractivity contribution in [1.29, 1.82) is 0 Å². The first-order valence-electron chi connectivity index (χ1n) is 1.02. The molecule has 0 fully saturated rings. The Labute approximate surface area is 25.4 Å². The highest BCUT2D eigenvalue weighted by molar-refractivity contribution is 4.16. The topological polar surface area (TPSA) is 32.3 Å². The van der Waals surface area contributed by atoms with Gasteiger partial charge >= 0.3 is 0 Å². The number of aliphatic hydroxyl groups is 1. The summed E-state index contributed by atoms with van der Waals surface area (Å²) >= 11 is 0. The average Bonchev–Trinajstić information content (AvgIpc) is 1.37. The monoisotopic (exact) mass is 60.0 g/mol. The minimum absolute atomic E-state index is 0.0417. The van der Waals surface area contributed by atoms with Crippen LogP contribution in [0.25, 0.3) is 0 Å². The van der Waals surface area contributed by atoms with E-state index in [1.165, 1.54) is 0 Å². The third-order valence-electron chi connectivity index (χ3n) is 0.112. The molecule has 2 heteroatoms. The molecule has 0 aromatic carbocycles. The molecular formula is C2H6NO. The SMILES string of the molecule is [CH2]NCO. The Morgan fingerprint density at radius 2 is 2.25 bits per heavy atom. The maximum Gasteiger partial charge on any atom is 0.0931 e. The summed E-state index contributed by atoms with van der Waals surface area (Å²) in [6.07, 6.45) is 0. The van der Waals surface area contributed by atoms with Crippen molar-refractivity contribution in [1.82, 2.24) is 5.32 Å². The first-order valence-corrected chi connectivity index (χ1v) is 1.02. The van der Waals surface area contributed by atoms with Crippen molar-refractivity contribution < 1.29 is 5.11 Å². The molecule has 0 unspecified atom stereocenters. The molecule has 0 heterocycles. The van der Waals surface area contributed by atoms with Crippen molar-refractivity contribution in [3.8, 4) is 0 Å². The molecule has 0 spiro atoms. The largest absolute Gasteiger partial charge is 0.381 e. The van der Waals surface area contributed by atoms with E-state index in [1.54, 1.807) is 0 Å². The zero-order chi connectivity index (χ0) is 3.41. The van der Waals surface area contributed by atoms with Gasteiger partial charge in [0.15, 0.2) is 0 Å². The standard InChI is InChI=1S/C2H6NO/c1-3-2-4/h3-4H,1-2H2. The zero-order valence-corrected chi connectivity index (χ0v) is 2.36. The molecule has 0 amide bonds. The molecule has 4 heavy (non-hydrogen) atoms. The van der Waals surface area contributed by atoms with Crippen LogP contribution in [0.15, 0.2) is 0 Å². The second kappa shape index (κ2) is 2.92. The Hall–Kier alpha value is -0.0800. The van der Waals surface area contributed by atoms with Crippen molar-refractivity contribution >= 4 is 0 Å². The third kappa shape index (κ3) is 1.92. The summed E-state index contributed by atoms with van der Waals surface area (Å²) in [6, 6.07) is 0. The molecule has 0 aromatic heterocycles. The first kappa shape index (κ1) is 3.92. The second-order valence-corrected chi connectivity index (χ2v) is 0.408. The molecule has 0 bridgehead atoms. The Morgan fingerprint density at radius 3 is 2.25 bits per heavy atom. The lowest BCUT2D eigenvalue weighted by Crippen LogP contribution is -2.01. The molecule has 2 N–H and O–H groups in total. The summed E-state index contributed by atoms with van der Waals surface area (Å²) in [5.41, 5.74) is 0. The minimum Gasteiger partial charge on any atom is -0.381 e. The summed E-state index contributed by atoms with van der Waals surface area (Å²) in [6.45, 7) is -0.0417. The van der Waals surface area contributed by atoms with Gasteiger partial charge in [-0.05, 0) is 0 Å². The summed E-state index contributed by atoms with van der Waals surface area (Å²) in [7, 11) is 3.10. The maximum absolute atomic E-state index is 7.70. The molecule has 0 rings (SSSR count). The van der Waals surface area contributed by atoms with Crippen molar-refractivity contribution in [3.05, 3.63) is 7.05 Å². The van der Waals surface area contributed by atoms with Gasteiger partial charge in [-0.15, -0.1) is 0 Å². The van der Waals surface area contributed by atoms with E-state index in [1.807, 2.05) is 0 Å². The number of rotatable bonds is 1. The van der Waals surface area contributed by atoms with Gasteiger partial charge in [0.25, 0.3) is 0 Å². The highest BCUT2D eigenvalue weighted by Crippen LogP contribution is 1.29. The molecule has 0 atom stereocenters. The van der Waals surface area contributed by atoms with Crippen LogP contribution < -0.4 is 5.32 Å². The van der Waals surface area contributed by atoms with Crippen molar-refractivity contribution in [2.24, 2.45) is 0 Å². The van der Waals surface area contributed by atoms with Gasteiger partial charge in [0.05, 0.1) is 6.73 Å². The molecule has 0 aromatic rings. The van der Waals surface area contributed by atoms with Gasteiger partial charge in [0, 0.05) is 7.05 Å². The quantitative estimate of drug-likeness (QED) is 0.393. The fourth-order valence-corrected chi connectivity index (χ4v) is 0. The van der Waals surface area contributed by atoms with E-state index >= 15 is 0 Å². The zero-order valence-electron chi connectivity index (χ0n) is 2.36. The Kier molecular flexibility index (Phi) is 2.86. The van der Waals surface area contributed by atoms with Gasteiger partial charge in [-0.25, -0.2) is 0 Å². The summed E-state index contributed by atoms with van der Waals surface area (Å²) in [5, 5.41) is 9.94. The van der Waals surface area contributed by atoms with Gasteiger partial charge < -0.3 is 5.11 Å². The van der Waals surface area contributed by atoms with Crippen LogP contribution in [0.2, 0.25) is 0 Å². The van der Waals surface area contributed by atoms with Crippen LogP contribution in [0.3, 0.4) is 0 Å². The van der Waals surface area contributed by atoms with Crippen molar-refractivity contribution in [2.75, 3.05) is 6.73 Å². The summed E-state index contributed by atoms with van der Waals surface area (Å²) < 4.78 is 0. The highest BCUT2D eigenvalue weighted by atomic mass is 16.3. The maximum atomic E-state index is 7.70. The van der Waals surface area contributed by atoms with Gasteiger partial charge in [0.1, 0.15) is 0 Å². The van der Waals surface area contributed by atoms with Gasteiger partial charge in [-0.3, -0.25) is 5.32 Å². The summed E-state index contributed by atoms with van der Waals surface area (Å²) in [4.78, 5) is 0. The molecular weight excluding hydrogens is 54.0 g/mol. The van der Waals surface area contributed by atoms with E-state index < -0.39 is 0 Å². The molecule has 0 aliphatic heterocycles. The number of hydrogen-bond donors (Lipinski definition) is 2. The van der Waals surface area contributed by atoms with E-state index in [0.29, 0.717) is 0 Å². The van der Waals surface area contributed by atoms with Crippen LogP contribution in [-0.4, -0.2) is 11.8 Å². The molecule has 0 aliphatic carbocycles. The Balaban J connectivity index is 1.97. The van der Waals surface area contributed by atoms with E-state index in [-0.39, 0.29) is 6.73 Å². The first-order chi connectivity index (χ1) is 1.91. The number of nitrogens with one attached hydrogen (secondary N) is 1. The average molecular weight is 60.1 g/mol. The molecule has 0 saturated carbocycles. The lowest BCUT2D eigenvalue weighted by molar-refractivity contribution is 0.279. The molecule has 2 nitrogen and oxygen atoms in total. The Morgan fingerprint density at radius 1 is 2.00 bits per heavy atom. The highest BCUT2D eigenvalue weighted by Gasteiger charge is 1.51. The number of hydrogen-bond acceptors (Lipinski definition) is 2. The smallest absolute Gasteiger partial charge is 0.0931 e. The Bertz CT molecular complexity index is 8.00. The summed E-state index contributed by atoms with van der Waals surface area (Å²) in [5.74, 6) is 0. The van der Waals surface area contributed by atoms with E-state index in [0.717, 1.165) is 0 Å². The van der Waals surface area contributed by atoms with Gasteiger partial charge in [-0.1, -0.05) is 0 Å². The van der Waals surface area contributed by atoms with Crippen molar-refractivity contribution in [3.63, 3.8) is 0 Å². The number of aliphatic hydroxyl groups excluding tert-OH is 1. The second-order valence-electron chi connectivity index (χ2n) is 0.408. The van der Waals surface area contributed by atoms with E-state index in [4.69, 9.17) is 5.11 Å². The van der Waals surface area contributed by atoms with Gasteiger partial charge in [-0.2, -0.15) is 0 Å². The van der Waals surface area contributed by atoms with Crippen LogP contribution in [0.5, 0.6) is 0 Å². The van der Waals surface area contributed by atoms with Crippen LogP contribution in [0.1, 0.15) is 0 Å². The van der Waals surface area contributed by atoms with Crippen LogP contribution in [-0.2, 0) is 0 Å². The van der Waals surface area contributed by atoms with Crippen LogP contribution in [0, 0.1) is 7.05 Å². The van der Waals surface area contributed by atoms with Crippen LogP contribution >= 0.6 is 0 Å². The van der Waals surface area contributed by atoms with Crippen LogP contribution in [0.4, 0.5) is 0 Å². The third-order valence-corrected chi connectivity index (χ3v) is 0.112. The van der Waals surface area contributed by atoms with E-state index in [9.17, 15) is 0 Å².